The Balaban J connectivity index is 1.75. The minimum atomic E-state index is -0.592. The highest BCUT2D eigenvalue weighted by atomic mass is 16.6. The monoisotopic (exact) mass is 289 g/mol. The van der Waals surface area contributed by atoms with Crippen molar-refractivity contribution in [3.05, 3.63) is 23.8 Å². The van der Waals surface area contributed by atoms with E-state index in [2.05, 4.69) is 14.9 Å². The highest BCUT2D eigenvalue weighted by Crippen LogP contribution is 2.30. The first kappa shape index (κ1) is 14.0. The molecule has 0 saturated heterocycles. The molecule has 0 atom stereocenters. The van der Waals surface area contributed by atoms with Gasteiger partial charge in [0.1, 0.15) is 11.0 Å². The topological polar surface area (TPSA) is 79.5 Å². The summed E-state index contributed by atoms with van der Waals surface area (Å²) >= 11 is 0. The number of aliphatic hydroxyl groups is 1. The Kier molecular flexibility index (Phi) is 3.41. The minimum absolute atomic E-state index is 0.0357. The molecule has 1 heterocycles. The van der Waals surface area contributed by atoms with Crippen LogP contribution in [0.1, 0.15) is 43.0 Å². The van der Waals surface area contributed by atoms with Crippen LogP contribution in [-0.4, -0.2) is 44.9 Å². The van der Waals surface area contributed by atoms with E-state index >= 15 is 0 Å². The number of amides is 1. The van der Waals surface area contributed by atoms with Crippen LogP contribution in [0.15, 0.2) is 22.8 Å². The van der Waals surface area contributed by atoms with Gasteiger partial charge in [-0.15, -0.1) is 0 Å². The molecule has 1 aliphatic carbocycles. The predicted octanol–water partition coefficient (Wildman–Crippen LogP) is 1.99. The lowest BCUT2D eigenvalue weighted by molar-refractivity contribution is -0.000208. The molecule has 0 aliphatic heterocycles. The summed E-state index contributed by atoms with van der Waals surface area (Å²) < 4.78 is 4.65. The summed E-state index contributed by atoms with van der Waals surface area (Å²) in [6.45, 7) is 1.86. The maximum Gasteiger partial charge on any atom is 0.253 e. The van der Waals surface area contributed by atoms with Crippen molar-refractivity contribution in [3.63, 3.8) is 0 Å². The van der Waals surface area contributed by atoms with Gasteiger partial charge in [0.25, 0.3) is 5.91 Å². The van der Waals surface area contributed by atoms with E-state index < -0.39 is 5.60 Å². The Morgan fingerprint density at radius 2 is 2.00 bits per heavy atom. The smallest absolute Gasteiger partial charge is 0.253 e. The van der Waals surface area contributed by atoms with E-state index in [0.717, 1.165) is 25.7 Å². The number of rotatable bonds is 2. The van der Waals surface area contributed by atoms with Gasteiger partial charge < -0.3 is 10.0 Å². The van der Waals surface area contributed by atoms with Gasteiger partial charge in [-0.2, -0.15) is 0 Å². The van der Waals surface area contributed by atoms with Gasteiger partial charge in [-0.25, -0.2) is 4.63 Å². The maximum atomic E-state index is 12.6. The molecule has 1 N–H and O–H groups in total. The molecular weight excluding hydrogens is 270 g/mol. The normalized spacial score (nSPS) is 26.0. The highest BCUT2D eigenvalue weighted by molar-refractivity contribution is 5.97. The lowest BCUT2D eigenvalue weighted by Gasteiger charge is -2.37. The van der Waals surface area contributed by atoms with E-state index in [1.165, 1.54) is 0 Å². The third-order valence-corrected chi connectivity index (χ3v) is 4.40. The molecule has 1 aromatic heterocycles. The van der Waals surface area contributed by atoms with Crippen molar-refractivity contribution in [2.45, 2.75) is 44.2 Å². The SMILES string of the molecule is CN(C(=O)c1ccc2nonc2c1)[C@H]1CC[C@](C)(O)CC1. The molecule has 0 bridgehead atoms. The first-order valence-electron chi connectivity index (χ1n) is 7.18. The fourth-order valence-electron chi connectivity index (χ4n) is 2.90. The van der Waals surface area contributed by atoms with Gasteiger partial charge in [-0.3, -0.25) is 4.79 Å². The number of fused-ring (bicyclic) bond motifs is 1. The molecule has 1 amide bonds. The second-order valence-electron chi connectivity index (χ2n) is 6.11. The molecule has 6 nitrogen and oxygen atoms in total. The Morgan fingerprint density at radius 3 is 2.71 bits per heavy atom. The van der Waals surface area contributed by atoms with E-state index in [9.17, 15) is 9.90 Å². The number of benzene rings is 1. The Bertz CT molecular complexity index is 655. The summed E-state index contributed by atoms with van der Waals surface area (Å²) in [5, 5.41) is 17.5. The highest BCUT2D eigenvalue weighted by Gasteiger charge is 2.32. The first-order valence-corrected chi connectivity index (χ1v) is 7.18. The van der Waals surface area contributed by atoms with Gasteiger partial charge in [-0.05, 0) is 61.1 Å². The number of carbonyl (C=O) groups excluding carboxylic acids is 1. The van der Waals surface area contributed by atoms with Crippen LogP contribution in [0.2, 0.25) is 0 Å². The average Bonchev–Trinajstić information content (AvgIpc) is 2.93. The zero-order valence-corrected chi connectivity index (χ0v) is 12.2. The largest absolute Gasteiger partial charge is 0.390 e. The van der Waals surface area contributed by atoms with E-state index in [1.807, 2.05) is 14.0 Å². The van der Waals surface area contributed by atoms with Gasteiger partial charge >= 0.3 is 0 Å². The summed E-state index contributed by atoms with van der Waals surface area (Å²) in [4.78, 5) is 14.3. The van der Waals surface area contributed by atoms with Crippen molar-refractivity contribution < 1.29 is 14.5 Å². The van der Waals surface area contributed by atoms with E-state index in [-0.39, 0.29) is 11.9 Å². The third-order valence-electron chi connectivity index (χ3n) is 4.40. The molecule has 6 heteroatoms. The van der Waals surface area contributed by atoms with E-state index in [4.69, 9.17) is 0 Å². The van der Waals surface area contributed by atoms with Gasteiger partial charge in [0.05, 0.1) is 5.60 Å². The molecule has 0 radical (unpaired) electrons. The summed E-state index contributed by atoms with van der Waals surface area (Å²) in [5.41, 5.74) is 1.22. The van der Waals surface area contributed by atoms with Crippen molar-refractivity contribution in [1.82, 2.24) is 15.2 Å². The second-order valence-corrected chi connectivity index (χ2v) is 6.11. The quantitative estimate of drug-likeness (QED) is 0.914. The van der Waals surface area contributed by atoms with Crippen LogP contribution >= 0.6 is 0 Å². The van der Waals surface area contributed by atoms with Crippen LogP contribution in [0, 0.1) is 0 Å². The molecule has 3 rings (SSSR count). The number of aromatic nitrogens is 2. The molecule has 1 aliphatic rings. The van der Waals surface area contributed by atoms with Crippen molar-refractivity contribution in [2.75, 3.05) is 7.05 Å². The summed E-state index contributed by atoms with van der Waals surface area (Å²) in [5.74, 6) is -0.0357. The average molecular weight is 289 g/mol. The predicted molar refractivity (Wildman–Crippen MR) is 76.8 cm³/mol. The second kappa shape index (κ2) is 5.11. The Labute approximate surface area is 122 Å². The number of nitrogens with zero attached hydrogens (tertiary/aromatic N) is 3. The van der Waals surface area contributed by atoms with Gasteiger partial charge in [-0.1, -0.05) is 0 Å². The van der Waals surface area contributed by atoms with Crippen LogP contribution in [0.25, 0.3) is 11.0 Å². The molecule has 1 aromatic carbocycles. The molecule has 2 aromatic rings. The van der Waals surface area contributed by atoms with Crippen LogP contribution in [0.5, 0.6) is 0 Å². The summed E-state index contributed by atoms with van der Waals surface area (Å²) in [6, 6.07) is 5.34. The molecule has 1 fully saturated rings. The molecular formula is C15H19N3O3. The van der Waals surface area contributed by atoms with Gasteiger partial charge in [0.15, 0.2) is 0 Å². The van der Waals surface area contributed by atoms with Crippen molar-refractivity contribution in [2.24, 2.45) is 0 Å². The fourth-order valence-corrected chi connectivity index (χ4v) is 2.90. The fraction of sp³-hybridized carbons (Fsp3) is 0.533. The van der Waals surface area contributed by atoms with Crippen molar-refractivity contribution in [3.8, 4) is 0 Å². The zero-order valence-electron chi connectivity index (χ0n) is 12.2. The summed E-state index contributed by atoms with van der Waals surface area (Å²) in [6.07, 6.45) is 3.09. The number of carbonyl (C=O) groups is 1. The molecule has 0 spiro atoms. The van der Waals surface area contributed by atoms with Crippen LogP contribution in [0.3, 0.4) is 0 Å². The van der Waals surface area contributed by atoms with Gasteiger partial charge in [0.2, 0.25) is 0 Å². The Hall–Kier alpha value is -1.95. The summed E-state index contributed by atoms with van der Waals surface area (Å²) in [7, 11) is 1.82. The lowest BCUT2D eigenvalue weighted by Crippen LogP contribution is -2.43. The molecule has 1 saturated carbocycles. The molecule has 0 unspecified atom stereocenters. The zero-order chi connectivity index (χ0) is 15.0. The lowest BCUT2D eigenvalue weighted by atomic mass is 9.83. The first-order chi connectivity index (χ1) is 9.96. The Morgan fingerprint density at radius 1 is 1.33 bits per heavy atom. The van der Waals surface area contributed by atoms with Crippen LogP contribution < -0.4 is 0 Å². The standard InChI is InChI=1S/C15H19N3O3/c1-15(20)7-5-11(6-8-15)18(2)14(19)10-3-4-12-13(9-10)17-21-16-12/h3-4,9,11,20H,5-8H2,1-2H3/t11-,15-. The number of hydrogen-bond donors (Lipinski definition) is 1. The van der Waals surface area contributed by atoms with Crippen LogP contribution in [0.4, 0.5) is 0 Å². The molecule has 112 valence electrons. The molecule has 21 heavy (non-hydrogen) atoms. The third kappa shape index (κ3) is 2.76. The van der Waals surface area contributed by atoms with Crippen LogP contribution in [-0.2, 0) is 0 Å². The van der Waals surface area contributed by atoms with Gasteiger partial charge in [0, 0.05) is 18.7 Å². The van der Waals surface area contributed by atoms with Crippen molar-refractivity contribution in [1.29, 1.82) is 0 Å². The maximum absolute atomic E-state index is 12.6. The number of hydrogen-bond acceptors (Lipinski definition) is 5. The van der Waals surface area contributed by atoms with Crippen molar-refractivity contribution >= 4 is 16.9 Å². The van der Waals surface area contributed by atoms with E-state index in [0.29, 0.717) is 16.6 Å². The minimum Gasteiger partial charge on any atom is -0.390 e. The van der Waals surface area contributed by atoms with E-state index in [1.54, 1.807) is 23.1 Å².